The molecule has 6 heteroatoms. The van der Waals surface area contributed by atoms with Crippen LogP contribution in [-0.4, -0.2) is 20.5 Å². The summed E-state index contributed by atoms with van der Waals surface area (Å²) in [6.07, 6.45) is 2.00. The highest BCUT2D eigenvalue weighted by Crippen LogP contribution is 2.31. The zero-order chi connectivity index (χ0) is 16.6. The average molecular weight is 326 g/mol. The Balaban J connectivity index is 2.03. The van der Waals surface area contributed by atoms with Crippen molar-refractivity contribution in [1.82, 2.24) is 14.6 Å². The molecule has 0 aliphatic rings. The number of amides is 1. The van der Waals surface area contributed by atoms with E-state index in [4.69, 9.17) is 5.73 Å². The van der Waals surface area contributed by atoms with Crippen LogP contribution in [0.4, 0.5) is 0 Å². The molecule has 0 fully saturated rings. The number of pyridine rings is 1. The summed E-state index contributed by atoms with van der Waals surface area (Å²) >= 11 is 1.50. The van der Waals surface area contributed by atoms with E-state index in [-0.39, 0.29) is 5.41 Å². The van der Waals surface area contributed by atoms with Gasteiger partial charge in [-0.15, -0.1) is 10.2 Å². The van der Waals surface area contributed by atoms with Gasteiger partial charge in [-0.1, -0.05) is 44.7 Å². The van der Waals surface area contributed by atoms with Gasteiger partial charge in [-0.25, -0.2) is 0 Å². The molecule has 0 aliphatic carbocycles. The number of carbonyl (C=O) groups excluding carboxylic acids is 1. The number of nitrogens with zero attached hydrogens (tertiary/aromatic N) is 3. The monoisotopic (exact) mass is 326 g/mol. The van der Waals surface area contributed by atoms with Gasteiger partial charge in [0.25, 0.3) is 0 Å². The van der Waals surface area contributed by atoms with Crippen molar-refractivity contribution < 1.29 is 4.79 Å². The van der Waals surface area contributed by atoms with E-state index < -0.39 is 5.91 Å². The van der Waals surface area contributed by atoms with Gasteiger partial charge in [0, 0.05) is 21.4 Å². The number of rotatable bonds is 3. The minimum absolute atomic E-state index is 0.103. The fraction of sp³-hybridized carbons (Fsp3) is 0.235. The maximum absolute atomic E-state index is 11.6. The number of primary amides is 1. The lowest BCUT2D eigenvalue weighted by Crippen LogP contribution is -2.15. The number of hydrogen-bond donors (Lipinski definition) is 1. The van der Waals surface area contributed by atoms with E-state index in [1.807, 2.05) is 40.9 Å². The Morgan fingerprint density at radius 2 is 1.87 bits per heavy atom. The van der Waals surface area contributed by atoms with E-state index in [0.29, 0.717) is 5.56 Å². The van der Waals surface area contributed by atoms with Crippen molar-refractivity contribution in [3.63, 3.8) is 0 Å². The first-order chi connectivity index (χ1) is 10.9. The molecule has 0 spiro atoms. The molecule has 118 valence electrons. The first kappa shape index (κ1) is 15.6. The molecule has 5 nitrogen and oxygen atoms in total. The Bertz CT molecular complexity index is 880. The van der Waals surface area contributed by atoms with Crippen LogP contribution in [0.3, 0.4) is 0 Å². The molecule has 2 heterocycles. The standard InChI is InChI=1S/C17H18N4OS/c1-17(2,3)16-20-19-14-9-8-11(10-21(14)16)23-13-7-5-4-6-12(13)15(18)22/h4-10H,1-3H3,(H2,18,22). The lowest BCUT2D eigenvalue weighted by Gasteiger charge is -2.16. The van der Waals surface area contributed by atoms with Crippen LogP contribution in [0.1, 0.15) is 37.0 Å². The predicted molar refractivity (Wildman–Crippen MR) is 90.8 cm³/mol. The van der Waals surface area contributed by atoms with Crippen LogP contribution >= 0.6 is 11.8 Å². The van der Waals surface area contributed by atoms with Gasteiger partial charge in [0.05, 0.1) is 5.56 Å². The third-order valence-electron chi connectivity index (χ3n) is 3.43. The molecule has 23 heavy (non-hydrogen) atoms. The van der Waals surface area contributed by atoms with Gasteiger partial charge in [0.1, 0.15) is 5.82 Å². The number of fused-ring (bicyclic) bond motifs is 1. The van der Waals surface area contributed by atoms with Gasteiger partial charge < -0.3 is 5.73 Å². The minimum atomic E-state index is -0.422. The number of nitrogens with two attached hydrogens (primary N) is 1. The summed E-state index contributed by atoms with van der Waals surface area (Å²) in [5.74, 6) is 0.479. The highest BCUT2D eigenvalue weighted by Gasteiger charge is 2.21. The van der Waals surface area contributed by atoms with Gasteiger partial charge in [-0.05, 0) is 24.3 Å². The molecule has 2 N–H and O–H groups in total. The smallest absolute Gasteiger partial charge is 0.249 e. The Hall–Kier alpha value is -2.34. The van der Waals surface area contributed by atoms with Gasteiger partial charge in [-0.2, -0.15) is 0 Å². The van der Waals surface area contributed by atoms with Gasteiger partial charge in [-0.3, -0.25) is 9.20 Å². The van der Waals surface area contributed by atoms with Crippen LogP contribution in [0.2, 0.25) is 0 Å². The molecule has 0 aliphatic heterocycles. The van der Waals surface area contributed by atoms with Crippen LogP contribution < -0.4 is 5.73 Å². The Kier molecular flexibility index (Phi) is 3.85. The van der Waals surface area contributed by atoms with Crippen molar-refractivity contribution >= 4 is 23.3 Å². The number of benzene rings is 1. The maximum Gasteiger partial charge on any atom is 0.249 e. The zero-order valence-corrected chi connectivity index (χ0v) is 14.1. The van der Waals surface area contributed by atoms with E-state index in [1.165, 1.54) is 11.8 Å². The second-order valence-electron chi connectivity index (χ2n) is 6.33. The van der Waals surface area contributed by atoms with Crippen LogP contribution in [0.5, 0.6) is 0 Å². The second kappa shape index (κ2) is 5.70. The summed E-state index contributed by atoms with van der Waals surface area (Å²) in [6.45, 7) is 6.31. The molecule has 0 saturated heterocycles. The van der Waals surface area contributed by atoms with Crippen LogP contribution in [-0.2, 0) is 5.41 Å². The molecule has 0 saturated carbocycles. The fourth-order valence-corrected chi connectivity index (χ4v) is 3.30. The molecular weight excluding hydrogens is 308 g/mol. The molecular formula is C17H18N4OS. The van der Waals surface area contributed by atoms with Crippen molar-refractivity contribution in [2.45, 2.75) is 36.0 Å². The minimum Gasteiger partial charge on any atom is -0.366 e. The lowest BCUT2D eigenvalue weighted by atomic mass is 9.96. The molecule has 0 radical (unpaired) electrons. The topological polar surface area (TPSA) is 73.3 Å². The summed E-state index contributed by atoms with van der Waals surface area (Å²) in [6, 6.07) is 11.2. The summed E-state index contributed by atoms with van der Waals surface area (Å²) in [5.41, 5.74) is 6.68. The van der Waals surface area contributed by atoms with Crippen molar-refractivity contribution in [3.8, 4) is 0 Å². The molecule has 3 rings (SSSR count). The van der Waals surface area contributed by atoms with Gasteiger partial charge >= 0.3 is 0 Å². The van der Waals surface area contributed by atoms with Gasteiger partial charge in [0.2, 0.25) is 5.91 Å². The summed E-state index contributed by atoms with van der Waals surface area (Å²) in [7, 11) is 0. The lowest BCUT2D eigenvalue weighted by molar-refractivity contribution is 0.0997. The summed E-state index contributed by atoms with van der Waals surface area (Å²) in [5, 5.41) is 8.50. The van der Waals surface area contributed by atoms with E-state index in [0.717, 1.165) is 21.3 Å². The first-order valence-corrected chi connectivity index (χ1v) is 8.10. The molecule has 0 unspecified atom stereocenters. The third kappa shape index (κ3) is 3.07. The van der Waals surface area contributed by atoms with Gasteiger partial charge in [0.15, 0.2) is 5.65 Å². The van der Waals surface area contributed by atoms with E-state index in [1.54, 1.807) is 6.07 Å². The highest BCUT2D eigenvalue weighted by molar-refractivity contribution is 7.99. The van der Waals surface area contributed by atoms with E-state index in [9.17, 15) is 4.79 Å². The van der Waals surface area contributed by atoms with Crippen LogP contribution in [0, 0.1) is 0 Å². The second-order valence-corrected chi connectivity index (χ2v) is 7.44. The molecule has 0 bridgehead atoms. The Morgan fingerprint density at radius 1 is 1.13 bits per heavy atom. The summed E-state index contributed by atoms with van der Waals surface area (Å²) in [4.78, 5) is 13.4. The summed E-state index contributed by atoms with van der Waals surface area (Å²) < 4.78 is 2.00. The zero-order valence-electron chi connectivity index (χ0n) is 13.3. The van der Waals surface area contributed by atoms with Crippen LogP contribution in [0.15, 0.2) is 52.4 Å². The van der Waals surface area contributed by atoms with Crippen molar-refractivity contribution in [2.75, 3.05) is 0 Å². The SMILES string of the molecule is CC(C)(C)c1nnc2ccc(Sc3ccccc3C(N)=O)cn12. The third-order valence-corrected chi connectivity index (χ3v) is 4.48. The fourth-order valence-electron chi connectivity index (χ4n) is 2.33. The molecule has 1 amide bonds. The maximum atomic E-state index is 11.6. The average Bonchev–Trinajstić information content (AvgIpc) is 2.90. The number of carbonyl (C=O) groups is 1. The van der Waals surface area contributed by atoms with Crippen LogP contribution in [0.25, 0.3) is 5.65 Å². The Labute approximate surface area is 138 Å². The largest absolute Gasteiger partial charge is 0.366 e. The molecule has 1 aromatic carbocycles. The highest BCUT2D eigenvalue weighted by atomic mass is 32.2. The van der Waals surface area contributed by atoms with Crippen molar-refractivity contribution in [3.05, 3.63) is 54.0 Å². The number of aromatic nitrogens is 3. The molecule has 3 aromatic rings. The quantitative estimate of drug-likeness (QED) is 0.801. The van der Waals surface area contributed by atoms with Crippen molar-refractivity contribution in [2.24, 2.45) is 5.73 Å². The predicted octanol–water partition coefficient (Wildman–Crippen LogP) is 3.28. The van der Waals surface area contributed by atoms with Crippen molar-refractivity contribution in [1.29, 1.82) is 0 Å². The molecule has 2 aromatic heterocycles. The molecule has 0 atom stereocenters. The Morgan fingerprint density at radius 3 is 2.57 bits per heavy atom. The van der Waals surface area contributed by atoms with E-state index in [2.05, 4.69) is 31.0 Å². The normalized spacial score (nSPS) is 11.8. The van der Waals surface area contributed by atoms with E-state index >= 15 is 0 Å². The number of hydrogen-bond acceptors (Lipinski definition) is 4. The first-order valence-electron chi connectivity index (χ1n) is 7.28.